The maximum Gasteiger partial charge on any atom is 0.241 e. The molecule has 0 saturated heterocycles. The van der Waals surface area contributed by atoms with Crippen LogP contribution in [0.5, 0.6) is 5.75 Å². The lowest BCUT2D eigenvalue weighted by atomic mass is 10.1. The van der Waals surface area contributed by atoms with Crippen LogP contribution in [0.15, 0.2) is 42.5 Å². The number of aryl methyl sites for hydroxylation is 2. The van der Waals surface area contributed by atoms with Crippen LogP contribution in [-0.2, 0) is 4.79 Å². The summed E-state index contributed by atoms with van der Waals surface area (Å²) in [5, 5.41) is 6.31. The monoisotopic (exact) mass is 340 g/mol. The van der Waals surface area contributed by atoms with Gasteiger partial charge in [0, 0.05) is 11.7 Å². The summed E-state index contributed by atoms with van der Waals surface area (Å²) in [5.41, 5.74) is 4.33. The largest absolute Gasteiger partial charge is 0.494 e. The molecule has 2 rings (SSSR count). The van der Waals surface area contributed by atoms with Gasteiger partial charge in [0.05, 0.1) is 12.6 Å². The zero-order valence-electron chi connectivity index (χ0n) is 15.7. The summed E-state index contributed by atoms with van der Waals surface area (Å²) >= 11 is 0. The van der Waals surface area contributed by atoms with E-state index in [1.165, 1.54) is 11.1 Å². The van der Waals surface area contributed by atoms with Crippen LogP contribution in [0.1, 0.15) is 43.5 Å². The van der Waals surface area contributed by atoms with E-state index in [1.54, 1.807) is 0 Å². The molecule has 0 bridgehead atoms. The van der Waals surface area contributed by atoms with E-state index in [9.17, 15) is 4.79 Å². The van der Waals surface area contributed by atoms with Gasteiger partial charge in [-0.3, -0.25) is 10.1 Å². The summed E-state index contributed by atoms with van der Waals surface area (Å²) in [6.07, 6.45) is 0. The Morgan fingerprint density at radius 1 is 1.04 bits per heavy atom. The quantitative estimate of drug-likeness (QED) is 0.786. The molecule has 4 nitrogen and oxygen atoms in total. The number of benzene rings is 2. The summed E-state index contributed by atoms with van der Waals surface area (Å²) in [5.74, 6) is 0.819. The molecule has 0 radical (unpaired) electrons. The fraction of sp³-hybridized carbons (Fsp3) is 0.381. The molecule has 2 unspecified atom stereocenters. The molecule has 4 heteroatoms. The minimum Gasteiger partial charge on any atom is -0.494 e. The van der Waals surface area contributed by atoms with Crippen molar-refractivity contribution in [1.29, 1.82) is 0 Å². The van der Waals surface area contributed by atoms with Gasteiger partial charge < -0.3 is 10.1 Å². The molecule has 2 atom stereocenters. The summed E-state index contributed by atoms with van der Waals surface area (Å²) in [4.78, 5) is 12.4. The summed E-state index contributed by atoms with van der Waals surface area (Å²) in [6.45, 7) is 10.7. The van der Waals surface area contributed by atoms with Crippen molar-refractivity contribution in [2.45, 2.75) is 46.7 Å². The molecule has 0 aromatic heterocycles. The molecule has 0 fully saturated rings. The van der Waals surface area contributed by atoms with Crippen molar-refractivity contribution in [1.82, 2.24) is 5.32 Å². The van der Waals surface area contributed by atoms with Crippen molar-refractivity contribution >= 4 is 11.6 Å². The van der Waals surface area contributed by atoms with Gasteiger partial charge in [-0.25, -0.2) is 0 Å². The van der Waals surface area contributed by atoms with Gasteiger partial charge >= 0.3 is 0 Å². The zero-order valence-corrected chi connectivity index (χ0v) is 15.7. The van der Waals surface area contributed by atoms with Gasteiger partial charge in [0.2, 0.25) is 5.91 Å². The van der Waals surface area contributed by atoms with E-state index < -0.39 is 0 Å². The van der Waals surface area contributed by atoms with Crippen LogP contribution in [0, 0.1) is 13.8 Å². The first kappa shape index (κ1) is 19.0. The van der Waals surface area contributed by atoms with E-state index in [2.05, 4.69) is 24.5 Å². The Kier molecular flexibility index (Phi) is 6.59. The molecule has 25 heavy (non-hydrogen) atoms. The highest BCUT2D eigenvalue weighted by molar-refractivity contribution is 5.94. The molecule has 0 saturated carbocycles. The molecule has 0 heterocycles. The third-order valence-electron chi connectivity index (χ3n) is 4.36. The van der Waals surface area contributed by atoms with Crippen LogP contribution in [0.25, 0.3) is 0 Å². The number of nitrogens with one attached hydrogen (secondary N) is 2. The van der Waals surface area contributed by atoms with E-state index in [-0.39, 0.29) is 18.0 Å². The van der Waals surface area contributed by atoms with E-state index in [1.807, 2.05) is 63.2 Å². The average molecular weight is 340 g/mol. The van der Waals surface area contributed by atoms with Crippen LogP contribution in [0.3, 0.4) is 0 Å². The highest BCUT2D eigenvalue weighted by atomic mass is 16.5. The number of amides is 1. The molecule has 0 spiro atoms. The van der Waals surface area contributed by atoms with Gasteiger partial charge in [0.1, 0.15) is 5.75 Å². The van der Waals surface area contributed by atoms with Crippen molar-refractivity contribution in [3.8, 4) is 5.75 Å². The van der Waals surface area contributed by atoms with Crippen LogP contribution in [0.2, 0.25) is 0 Å². The average Bonchev–Trinajstić information content (AvgIpc) is 2.59. The molecule has 1 amide bonds. The first-order valence-corrected chi connectivity index (χ1v) is 8.77. The molecule has 2 aromatic carbocycles. The molecule has 0 aliphatic carbocycles. The fourth-order valence-corrected chi connectivity index (χ4v) is 2.64. The molecule has 2 aromatic rings. The Hall–Kier alpha value is -2.33. The molecular formula is C21H28N2O2. The second-order valence-corrected chi connectivity index (χ2v) is 6.40. The summed E-state index contributed by atoms with van der Waals surface area (Å²) in [6, 6.07) is 13.7. The maximum atomic E-state index is 12.4. The number of rotatable bonds is 7. The summed E-state index contributed by atoms with van der Waals surface area (Å²) in [7, 11) is 0. The smallest absolute Gasteiger partial charge is 0.241 e. The van der Waals surface area contributed by atoms with Gasteiger partial charge in [-0.2, -0.15) is 0 Å². The van der Waals surface area contributed by atoms with Crippen LogP contribution < -0.4 is 15.4 Å². The van der Waals surface area contributed by atoms with Gasteiger partial charge in [-0.1, -0.05) is 18.2 Å². The lowest BCUT2D eigenvalue weighted by Crippen LogP contribution is -2.39. The zero-order chi connectivity index (χ0) is 18.4. The first-order chi connectivity index (χ1) is 11.9. The standard InChI is InChI=1S/C21H28N2O2/c1-6-25-20-11-8-18(9-12-20)16(4)22-17(5)21(24)23-19-10-7-14(2)15(3)13-19/h7-13,16-17,22H,6H2,1-5H3,(H,23,24). The predicted octanol–water partition coefficient (Wildman–Crippen LogP) is 4.38. The van der Waals surface area contributed by atoms with Crippen molar-refractivity contribution in [3.63, 3.8) is 0 Å². The van der Waals surface area contributed by atoms with E-state index in [0.29, 0.717) is 6.61 Å². The predicted molar refractivity (Wildman–Crippen MR) is 103 cm³/mol. The Labute approximate surface area is 150 Å². The van der Waals surface area contributed by atoms with Crippen molar-refractivity contribution in [2.75, 3.05) is 11.9 Å². The SMILES string of the molecule is CCOc1ccc(C(C)NC(C)C(=O)Nc2ccc(C)c(C)c2)cc1. The Morgan fingerprint density at radius 3 is 2.32 bits per heavy atom. The Balaban J connectivity index is 1.94. The maximum absolute atomic E-state index is 12.4. The van der Waals surface area contributed by atoms with Crippen molar-refractivity contribution in [2.24, 2.45) is 0 Å². The van der Waals surface area contributed by atoms with Gasteiger partial charge in [-0.05, 0) is 75.6 Å². The molecule has 2 N–H and O–H groups in total. The Morgan fingerprint density at radius 2 is 1.72 bits per heavy atom. The second-order valence-electron chi connectivity index (χ2n) is 6.40. The van der Waals surface area contributed by atoms with E-state index in [4.69, 9.17) is 4.74 Å². The molecule has 134 valence electrons. The lowest BCUT2D eigenvalue weighted by Gasteiger charge is -2.20. The number of carbonyl (C=O) groups excluding carboxylic acids is 1. The fourth-order valence-electron chi connectivity index (χ4n) is 2.64. The number of hydrogen-bond donors (Lipinski definition) is 2. The van der Waals surface area contributed by atoms with Crippen LogP contribution >= 0.6 is 0 Å². The highest BCUT2D eigenvalue weighted by Gasteiger charge is 2.16. The highest BCUT2D eigenvalue weighted by Crippen LogP contribution is 2.19. The van der Waals surface area contributed by atoms with E-state index in [0.717, 1.165) is 17.0 Å². The van der Waals surface area contributed by atoms with Gasteiger partial charge in [0.15, 0.2) is 0 Å². The minimum atomic E-state index is -0.303. The van der Waals surface area contributed by atoms with Crippen molar-refractivity contribution in [3.05, 3.63) is 59.2 Å². The first-order valence-electron chi connectivity index (χ1n) is 8.77. The van der Waals surface area contributed by atoms with Gasteiger partial charge in [0.25, 0.3) is 0 Å². The van der Waals surface area contributed by atoms with E-state index >= 15 is 0 Å². The topological polar surface area (TPSA) is 50.4 Å². The third kappa shape index (κ3) is 5.33. The minimum absolute atomic E-state index is 0.0407. The Bertz CT molecular complexity index is 710. The number of ether oxygens (including phenoxy) is 1. The molecular weight excluding hydrogens is 312 g/mol. The number of carbonyl (C=O) groups is 1. The summed E-state index contributed by atoms with van der Waals surface area (Å²) < 4.78 is 5.46. The normalized spacial score (nSPS) is 13.2. The third-order valence-corrected chi connectivity index (χ3v) is 4.36. The molecule has 0 aliphatic heterocycles. The lowest BCUT2D eigenvalue weighted by molar-refractivity contribution is -0.117. The second kappa shape index (κ2) is 8.67. The van der Waals surface area contributed by atoms with Crippen molar-refractivity contribution < 1.29 is 9.53 Å². The number of hydrogen-bond acceptors (Lipinski definition) is 3. The van der Waals surface area contributed by atoms with Crippen LogP contribution in [0.4, 0.5) is 5.69 Å². The van der Waals surface area contributed by atoms with Gasteiger partial charge in [-0.15, -0.1) is 0 Å². The number of anilines is 1. The van der Waals surface area contributed by atoms with Crippen LogP contribution in [-0.4, -0.2) is 18.6 Å². The molecule has 0 aliphatic rings.